The Labute approximate surface area is 113 Å². The summed E-state index contributed by atoms with van der Waals surface area (Å²) in [7, 11) is -3.16. The van der Waals surface area contributed by atoms with E-state index in [1.54, 1.807) is 13.0 Å². The fourth-order valence-corrected chi connectivity index (χ4v) is 2.81. The fourth-order valence-electron chi connectivity index (χ4n) is 1.75. The second-order valence-electron chi connectivity index (χ2n) is 5.36. The van der Waals surface area contributed by atoms with Gasteiger partial charge in [-0.2, -0.15) is 5.10 Å². The van der Waals surface area contributed by atoms with Crippen molar-refractivity contribution in [1.29, 1.82) is 0 Å². The van der Waals surface area contributed by atoms with Gasteiger partial charge in [0.25, 0.3) is 0 Å². The molecule has 1 heterocycles. The minimum absolute atomic E-state index is 0.165. The first-order valence-electron chi connectivity index (χ1n) is 6.20. The molecule has 108 valence electrons. The van der Waals surface area contributed by atoms with Gasteiger partial charge in [-0.15, -0.1) is 0 Å². The molecular weight excluding hydrogens is 266 g/mol. The summed E-state index contributed by atoms with van der Waals surface area (Å²) in [5, 5.41) is 9.44. The molecule has 0 saturated carbocycles. The normalized spacial score (nSPS) is 13.5. The number of nitrogens with zero attached hydrogens (tertiary/aromatic N) is 1. The van der Waals surface area contributed by atoms with Crippen molar-refractivity contribution in [3.8, 4) is 0 Å². The van der Waals surface area contributed by atoms with Gasteiger partial charge in [0, 0.05) is 23.9 Å². The van der Waals surface area contributed by atoms with E-state index in [2.05, 4.69) is 29.4 Å². The smallest absolute Gasteiger partial charge is 0.229 e. The third-order valence-corrected chi connectivity index (χ3v) is 3.62. The van der Waals surface area contributed by atoms with Gasteiger partial charge in [0.1, 0.15) is 9.84 Å². The van der Waals surface area contributed by atoms with Crippen molar-refractivity contribution in [1.82, 2.24) is 10.2 Å². The molecule has 2 N–H and O–H groups in total. The summed E-state index contributed by atoms with van der Waals surface area (Å²) < 4.78 is 22.2. The SMILES string of the molecule is CC(C)Cc1cc(NC(=O)[C@H](C)CS(C)(=O)=O)n[nH]1. The number of hydrogen-bond acceptors (Lipinski definition) is 4. The summed E-state index contributed by atoms with van der Waals surface area (Å²) in [5.74, 6) is -0.176. The molecule has 0 aliphatic rings. The summed E-state index contributed by atoms with van der Waals surface area (Å²) in [6, 6.07) is 1.77. The maximum atomic E-state index is 11.8. The molecule has 1 aromatic heterocycles. The van der Waals surface area contributed by atoms with Crippen molar-refractivity contribution in [3.63, 3.8) is 0 Å². The number of nitrogens with one attached hydrogen (secondary N) is 2. The highest BCUT2D eigenvalue weighted by molar-refractivity contribution is 7.90. The second kappa shape index (κ2) is 6.18. The van der Waals surface area contributed by atoms with E-state index in [-0.39, 0.29) is 11.7 Å². The van der Waals surface area contributed by atoms with Gasteiger partial charge >= 0.3 is 0 Å². The highest BCUT2D eigenvalue weighted by Crippen LogP contribution is 2.11. The molecule has 0 saturated heterocycles. The number of carbonyl (C=O) groups is 1. The molecule has 1 atom stereocenters. The van der Waals surface area contributed by atoms with E-state index in [0.717, 1.165) is 18.4 Å². The zero-order valence-electron chi connectivity index (χ0n) is 11.7. The first kappa shape index (κ1) is 15.7. The van der Waals surface area contributed by atoms with Gasteiger partial charge in [0.15, 0.2) is 5.82 Å². The molecule has 6 nitrogen and oxygen atoms in total. The first-order chi connectivity index (χ1) is 8.67. The lowest BCUT2D eigenvalue weighted by molar-refractivity contribution is -0.118. The molecule has 0 aromatic carbocycles. The Kier molecular flexibility index (Phi) is 5.11. The quantitative estimate of drug-likeness (QED) is 0.823. The minimum Gasteiger partial charge on any atom is -0.309 e. The number of H-pyrrole nitrogens is 1. The van der Waals surface area contributed by atoms with Crippen LogP contribution in [0.1, 0.15) is 26.5 Å². The highest BCUT2D eigenvalue weighted by atomic mass is 32.2. The molecule has 1 amide bonds. The zero-order valence-corrected chi connectivity index (χ0v) is 12.5. The molecule has 0 bridgehead atoms. The molecule has 1 aromatic rings. The van der Waals surface area contributed by atoms with Crippen LogP contribution < -0.4 is 5.32 Å². The van der Waals surface area contributed by atoms with Crippen LogP contribution >= 0.6 is 0 Å². The average Bonchev–Trinajstić information content (AvgIpc) is 2.61. The highest BCUT2D eigenvalue weighted by Gasteiger charge is 2.19. The van der Waals surface area contributed by atoms with Crippen molar-refractivity contribution in [2.75, 3.05) is 17.3 Å². The summed E-state index contributed by atoms with van der Waals surface area (Å²) in [6.07, 6.45) is 1.97. The number of rotatable bonds is 6. The van der Waals surface area contributed by atoms with Gasteiger partial charge < -0.3 is 5.32 Å². The standard InChI is InChI=1S/C12H21N3O3S/c1-8(2)5-10-6-11(15-14-10)13-12(16)9(3)7-19(4,17)18/h6,8-9H,5,7H2,1-4H3,(H2,13,14,15,16)/t9-/m1/s1. The predicted molar refractivity (Wildman–Crippen MR) is 74.6 cm³/mol. The van der Waals surface area contributed by atoms with E-state index in [0.29, 0.717) is 11.7 Å². The van der Waals surface area contributed by atoms with Crippen LogP contribution in [0.3, 0.4) is 0 Å². The number of amides is 1. The predicted octanol–water partition coefficient (Wildman–Crippen LogP) is 1.23. The molecule has 0 aliphatic carbocycles. The Hall–Kier alpha value is -1.37. The number of hydrogen-bond donors (Lipinski definition) is 2. The monoisotopic (exact) mass is 287 g/mol. The summed E-state index contributed by atoms with van der Waals surface area (Å²) in [6.45, 7) is 5.76. The Morgan fingerprint density at radius 1 is 1.42 bits per heavy atom. The molecule has 19 heavy (non-hydrogen) atoms. The summed E-state index contributed by atoms with van der Waals surface area (Å²) >= 11 is 0. The Morgan fingerprint density at radius 2 is 2.05 bits per heavy atom. The maximum absolute atomic E-state index is 11.8. The molecule has 1 rings (SSSR count). The fraction of sp³-hybridized carbons (Fsp3) is 0.667. The van der Waals surface area contributed by atoms with Crippen LogP contribution in [0.2, 0.25) is 0 Å². The summed E-state index contributed by atoms with van der Waals surface area (Å²) in [4.78, 5) is 11.8. The number of aromatic nitrogens is 2. The van der Waals surface area contributed by atoms with Gasteiger partial charge in [-0.25, -0.2) is 8.42 Å². The third-order valence-electron chi connectivity index (χ3n) is 2.51. The topological polar surface area (TPSA) is 91.9 Å². The van der Waals surface area contributed by atoms with Crippen LogP contribution in [0.25, 0.3) is 0 Å². The van der Waals surface area contributed by atoms with Gasteiger partial charge in [-0.3, -0.25) is 9.89 Å². The Bertz CT molecular complexity index is 534. The number of anilines is 1. The third kappa shape index (κ3) is 5.87. The lowest BCUT2D eigenvalue weighted by Gasteiger charge is -2.08. The van der Waals surface area contributed by atoms with Gasteiger partial charge in [0.05, 0.1) is 5.75 Å². The molecule has 0 unspecified atom stereocenters. The van der Waals surface area contributed by atoms with Crippen LogP contribution in [-0.2, 0) is 21.1 Å². The van der Waals surface area contributed by atoms with E-state index in [9.17, 15) is 13.2 Å². The summed E-state index contributed by atoms with van der Waals surface area (Å²) in [5.41, 5.74) is 0.945. The molecular formula is C12H21N3O3S. The van der Waals surface area contributed by atoms with E-state index in [4.69, 9.17) is 0 Å². The van der Waals surface area contributed by atoms with Crippen LogP contribution in [0.15, 0.2) is 6.07 Å². The Morgan fingerprint density at radius 3 is 2.58 bits per heavy atom. The van der Waals surface area contributed by atoms with Crippen molar-refractivity contribution in [3.05, 3.63) is 11.8 Å². The minimum atomic E-state index is -3.16. The lowest BCUT2D eigenvalue weighted by Crippen LogP contribution is -2.26. The van der Waals surface area contributed by atoms with Crippen molar-refractivity contribution < 1.29 is 13.2 Å². The van der Waals surface area contributed by atoms with Crippen molar-refractivity contribution in [2.24, 2.45) is 11.8 Å². The van der Waals surface area contributed by atoms with E-state index < -0.39 is 15.8 Å². The van der Waals surface area contributed by atoms with Crippen molar-refractivity contribution in [2.45, 2.75) is 27.2 Å². The van der Waals surface area contributed by atoms with E-state index in [1.807, 2.05) is 0 Å². The van der Waals surface area contributed by atoms with Crippen LogP contribution in [-0.4, -0.2) is 36.5 Å². The van der Waals surface area contributed by atoms with Crippen LogP contribution in [0.4, 0.5) is 5.82 Å². The van der Waals surface area contributed by atoms with E-state index >= 15 is 0 Å². The molecule has 0 radical (unpaired) electrons. The lowest BCUT2D eigenvalue weighted by atomic mass is 10.1. The van der Waals surface area contributed by atoms with Gasteiger partial charge in [0.2, 0.25) is 5.91 Å². The van der Waals surface area contributed by atoms with E-state index in [1.165, 1.54) is 0 Å². The number of sulfone groups is 1. The first-order valence-corrected chi connectivity index (χ1v) is 8.26. The number of aromatic amines is 1. The molecule has 0 fully saturated rings. The second-order valence-corrected chi connectivity index (χ2v) is 7.54. The average molecular weight is 287 g/mol. The maximum Gasteiger partial charge on any atom is 0.229 e. The molecule has 0 spiro atoms. The van der Waals surface area contributed by atoms with Crippen LogP contribution in [0.5, 0.6) is 0 Å². The largest absolute Gasteiger partial charge is 0.309 e. The number of carbonyl (C=O) groups excluding carboxylic acids is 1. The van der Waals surface area contributed by atoms with Crippen molar-refractivity contribution >= 4 is 21.6 Å². The molecule has 0 aliphatic heterocycles. The Balaban J connectivity index is 2.59. The van der Waals surface area contributed by atoms with Crippen LogP contribution in [0, 0.1) is 11.8 Å². The van der Waals surface area contributed by atoms with Gasteiger partial charge in [-0.1, -0.05) is 20.8 Å². The van der Waals surface area contributed by atoms with Gasteiger partial charge in [-0.05, 0) is 12.3 Å². The zero-order chi connectivity index (χ0) is 14.6. The molecule has 7 heteroatoms.